The molecule has 0 fully saturated rings. The summed E-state index contributed by atoms with van der Waals surface area (Å²) in [5.41, 5.74) is 24.8. The molecule has 0 spiro atoms. The molecule has 108 heavy (non-hydrogen) atoms. The van der Waals surface area contributed by atoms with Crippen LogP contribution >= 0.6 is 0 Å². The van der Waals surface area contributed by atoms with Crippen molar-refractivity contribution in [2.24, 2.45) is 0 Å². The summed E-state index contributed by atoms with van der Waals surface area (Å²) in [5, 5.41) is 1.41. The number of esters is 2. The van der Waals surface area contributed by atoms with Gasteiger partial charge in [-0.3, -0.25) is 0 Å². The second kappa shape index (κ2) is 27.7. The minimum absolute atomic E-state index is 0.0908. The Balaban J connectivity index is 0.830. The lowest BCUT2D eigenvalue weighted by Gasteiger charge is -2.45. The Kier molecular flexibility index (Phi) is 16.5. The zero-order valence-corrected chi connectivity index (χ0v) is 58.4. The van der Waals surface area contributed by atoms with Crippen LogP contribution in [0.2, 0.25) is 0 Å². The van der Waals surface area contributed by atoms with Gasteiger partial charge in [-0.05, 0) is 142 Å². The molecule has 12 heteroatoms. The summed E-state index contributed by atoms with van der Waals surface area (Å²) < 4.78 is 14.2. The standard InChI is InChI=1S/C96H64BN7O4/c105-95(107-61-63-27-8-1-9-28-63)71-48-52-85-76(57-71)77-58-72(96(106)108-62-64-29-10-2-11-30-64)49-53-86(77)104(85)87-51-47-70(84-59-81(65-31-12-3-13-32-65)98-93(99-84)67-35-16-5-17-36-67)56-78(87)94-100-82(66-33-14-4-15-34-66)60-83(101-94)69-38-26-37-68(55-69)75-50-54-90-91-92(75)103(74-41-20-7-21-42-74)89-46-25-23-44-80(89)97(91)79-43-22-24-45-88(79)102(90)73-39-18-6-19-40-73/h1-60H,61-62H2. The van der Waals surface area contributed by atoms with Crippen molar-refractivity contribution in [3.8, 4) is 84.6 Å². The summed E-state index contributed by atoms with van der Waals surface area (Å²) in [7, 11) is 0. The van der Waals surface area contributed by atoms with Crippen molar-refractivity contribution in [1.82, 2.24) is 24.5 Å². The first-order valence-corrected chi connectivity index (χ1v) is 36.1. The molecule has 0 aliphatic carbocycles. The molecule has 0 N–H and O–H groups in total. The Hall–Kier alpha value is -14.4. The third-order valence-corrected chi connectivity index (χ3v) is 20.5. The van der Waals surface area contributed by atoms with E-state index in [1.807, 2.05) is 158 Å². The van der Waals surface area contributed by atoms with Gasteiger partial charge in [-0.1, -0.05) is 255 Å². The number of anilines is 6. The van der Waals surface area contributed by atoms with Crippen LogP contribution in [-0.4, -0.2) is 43.2 Å². The lowest BCUT2D eigenvalue weighted by atomic mass is 9.33. The second-order valence-electron chi connectivity index (χ2n) is 27.0. The molecule has 0 unspecified atom stereocenters. The summed E-state index contributed by atoms with van der Waals surface area (Å²) in [5.74, 6) is 0.0254. The molecule has 0 bridgehead atoms. The maximum absolute atomic E-state index is 14.3. The fourth-order valence-corrected chi connectivity index (χ4v) is 15.5. The molecule has 14 aromatic carbocycles. The molecule has 510 valence electrons. The van der Waals surface area contributed by atoms with Gasteiger partial charge < -0.3 is 23.8 Å². The highest BCUT2D eigenvalue weighted by Crippen LogP contribution is 2.49. The lowest BCUT2D eigenvalue weighted by Crippen LogP contribution is -2.61. The number of ether oxygens (including phenoxy) is 2. The number of aromatic nitrogens is 5. The summed E-state index contributed by atoms with van der Waals surface area (Å²) in [4.78, 5) is 55.5. The van der Waals surface area contributed by atoms with E-state index in [1.54, 1.807) is 12.1 Å². The van der Waals surface area contributed by atoms with Gasteiger partial charge in [0.1, 0.15) is 13.2 Å². The van der Waals surface area contributed by atoms with Gasteiger partial charge in [-0.25, -0.2) is 29.5 Å². The van der Waals surface area contributed by atoms with E-state index in [1.165, 1.54) is 16.4 Å². The van der Waals surface area contributed by atoms with E-state index >= 15 is 0 Å². The predicted octanol–water partition coefficient (Wildman–Crippen LogP) is 20.8. The molecule has 0 amide bonds. The second-order valence-corrected chi connectivity index (χ2v) is 27.0. The predicted molar refractivity (Wildman–Crippen MR) is 435 cm³/mol. The monoisotopic (exact) mass is 1390 g/mol. The van der Waals surface area contributed by atoms with Crippen molar-refractivity contribution >= 4 is 91.0 Å². The average molecular weight is 1390 g/mol. The largest absolute Gasteiger partial charge is 0.457 e. The zero-order valence-electron chi connectivity index (χ0n) is 58.4. The number of rotatable bonds is 16. The Labute approximate surface area is 624 Å². The number of carbonyl (C=O) groups is 2. The van der Waals surface area contributed by atoms with E-state index < -0.39 is 11.9 Å². The molecule has 5 heterocycles. The van der Waals surface area contributed by atoms with Gasteiger partial charge in [-0.15, -0.1) is 0 Å². The fraction of sp³-hybridized carbons (Fsp3) is 0.0208. The van der Waals surface area contributed by atoms with Crippen LogP contribution < -0.4 is 26.2 Å². The van der Waals surface area contributed by atoms with Crippen LogP contribution in [0.1, 0.15) is 31.8 Å². The molecule has 2 aliphatic heterocycles. The molecule has 0 saturated carbocycles. The first-order chi connectivity index (χ1) is 53.4. The number of nitrogens with zero attached hydrogens (tertiary/aromatic N) is 7. The molecule has 0 radical (unpaired) electrons. The summed E-state index contributed by atoms with van der Waals surface area (Å²) >= 11 is 0. The van der Waals surface area contributed by atoms with Gasteiger partial charge in [0.25, 0.3) is 6.71 Å². The maximum Gasteiger partial charge on any atom is 0.338 e. The van der Waals surface area contributed by atoms with Crippen LogP contribution in [0, 0.1) is 0 Å². The number of hydrogen-bond donors (Lipinski definition) is 0. The Bertz CT molecular complexity index is 6130. The van der Waals surface area contributed by atoms with Gasteiger partial charge in [0.15, 0.2) is 11.6 Å². The van der Waals surface area contributed by atoms with Crippen LogP contribution in [0.25, 0.3) is 106 Å². The minimum Gasteiger partial charge on any atom is -0.457 e. The summed E-state index contributed by atoms with van der Waals surface area (Å²) in [6.45, 7) is 0.0914. The van der Waals surface area contributed by atoms with E-state index in [4.69, 9.17) is 29.4 Å². The Morgan fingerprint density at radius 1 is 0.306 bits per heavy atom. The van der Waals surface area contributed by atoms with E-state index in [2.05, 4.69) is 208 Å². The minimum atomic E-state index is -0.489. The van der Waals surface area contributed by atoms with Crippen molar-refractivity contribution in [1.29, 1.82) is 0 Å². The molecular weight excluding hydrogens is 1330 g/mol. The zero-order chi connectivity index (χ0) is 72.0. The van der Waals surface area contributed by atoms with E-state index in [-0.39, 0.29) is 19.9 Å². The maximum atomic E-state index is 14.3. The number of fused-ring (bicyclic) bond motifs is 7. The molecule has 0 atom stereocenters. The highest BCUT2D eigenvalue weighted by Gasteiger charge is 2.44. The Morgan fingerprint density at radius 3 is 1.26 bits per heavy atom. The van der Waals surface area contributed by atoms with Gasteiger partial charge in [0.2, 0.25) is 0 Å². The number of benzene rings is 14. The van der Waals surface area contributed by atoms with Crippen molar-refractivity contribution < 1.29 is 19.1 Å². The molecule has 11 nitrogen and oxygen atoms in total. The van der Waals surface area contributed by atoms with E-state index in [0.29, 0.717) is 56.2 Å². The van der Waals surface area contributed by atoms with E-state index in [9.17, 15) is 9.59 Å². The third kappa shape index (κ3) is 11.9. The van der Waals surface area contributed by atoms with Crippen molar-refractivity contribution in [3.63, 3.8) is 0 Å². The molecule has 2 aliphatic rings. The van der Waals surface area contributed by atoms with E-state index in [0.717, 1.165) is 107 Å². The summed E-state index contributed by atoms with van der Waals surface area (Å²) in [6, 6.07) is 124. The van der Waals surface area contributed by atoms with Gasteiger partial charge >= 0.3 is 11.9 Å². The van der Waals surface area contributed by atoms with Gasteiger partial charge in [0, 0.05) is 78.2 Å². The van der Waals surface area contributed by atoms with Crippen molar-refractivity contribution in [3.05, 3.63) is 386 Å². The average Bonchev–Trinajstić information content (AvgIpc) is 0.882. The van der Waals surface area contributed by atoms with Crippen LogP contribution in [0.5, 0.6) is 0 Å². The van der Waals surface area contributed by atoms with Crippen LogP contribution in [0.4, 0.5) is 34.1 Å². The topological polar surface area (TPSA) is 116 Å². The van der Waals surface area contributed by atoms with Gasteiger partial charge in [0.05, 0.1) is 56.3 Å². The number of hydrogen-bond acceptors (Lipinski definition) is 10. The molecule has 17 aromatic rings. The fourth-order valence-electron chi connectivity index (χ4n) is 15.5. The SMILES string of the molecule is O=C(OCc1ccccc1)c1ccc2c(c1)c1cc(C(=O)OCc3ccccc3)ccc1n2-c1ccc(-c2cc(-c3ccccc3)nc(-c3ccccc3)n2)cc1-c1nc(-c2ccccc2)cc(-c2cccc(-c3ccc4c5c3N(c3ccccc3)c3ccccc3B5c3ccccc3N4c3ccccc3)c2)n1. The number of carbonyl (C=O) groups excluding carboxylic acids is 2. The first-order valence-electron chi connectivity index (χ1n) is 36.1. The molecule has 0 saturated heterocycles. The van der Waals surface area contributed by atoms with Crippen molar-refractivity contribution in [2.45, 2.75) is 13.2 Å². The highest BCUT2D eigenvalue weighted by molar-refractivity contribution is 7.00. The molecular formula is C96H64BN7O4. The first kappa shape index (κ1) is 64.5. The molecule has 19 rings (SSSR count). The quantitative estimate of drug-likeness (QED) is 0.0684. The smallest absolute Gasteiger partial charge is 0.338 e. The normalized spacial score (nSPS) is 12.0. The van der Waals surface area contributed by atoms with Crippen LogP contribution in [0.15, 0.2) is 364 Å². The summed E-state index contributed by atoms with van der Waals surface area (Å²) in [6.07, 6.45) is 0. The third-order valence-electron chi connectivity index (χ3n) is 20.5. The van der Waals surface area contributed by atoms with Crippen molar-refractivity contribution in [2.75, 3.05) is 9.80 Å². The van der Waals surface area contributed by atoms with Gasteiger partial charge in [-0.2, -0.15) is 0 Å². The molecule has 3 aromatic heterocycles. The Morgan fingerprint density at radius 2 is 0.722 bits per heavy atom. The lowest BCUT2D eigenvalue weighted by molar-refractivity contribution is 0.0464. The number of para-hydroxylation sites is 4. The van der Waals surface area contributed by atoms with Crippen LogP contribution in [-0.2, 0) is 22.7 Å². The van der Waals surface area contributed by atoms with Crippen LogP contribution in [0.3, 0.4) is 0 Å². The highest BCUT2D eigenvalue weighted by atomic mass is 16.5.